The van der Waals surface area contributed by atoms with Crippen LogP contribution in [0.15, 0.2) is 18.2 Å². The average molecular weight is 269 g/mol. The zero-order chi connectivity index (χ0) is 14.1. The molecule has 0 bridgehead atoms. The van der Waals surface area contributed by atoms with Crippen molar-refractivity contribution in [2.75, 3.05) is 33.5 Å². The van der Waals surface area contributed by atoms with E-state index in [1.54, 1.807) is 19.2 Å². The van der Waals surface area contributed by atoms with Gasteiger partial charge in [0.15, 0.2) is 0 Å². The number of methoxy groups -OCH3 is 1. The lowest BCUT2D eigenvalue weighted by Crippen LogP contribution is -2.21. The third-order valence-corrected chi connectivity index (χ3v) is 2.77. The predicted molar refractivity (Wildman–Crippen MR) is 73.5 cm³/mol. The molecule has 108 valence electrons. The normalized spacial score (nSPS) is 12.5. The number of hydrogen-bond donors (Lipinski definition) is 3. The van der Waals surface area contributed by atoms with Gasteiger partial charge in [-0.1, -0.05) is 0 Å². The van der Waals surface area contributed by atoms with Crippen LogP contribution in [0.1, 0.15) is 24.9 Å². The minimum Gasteiger partial charge on any atom is -0.508 e. The molecule has 0 saturated heterocycles. The Morgan fingerprint density at radius 1 is 1.11 bits per heavy atom. The van der Waals surface area contributed by atoms with Crippen molar-refractivity contribution < 1.29 is 19.7 Å². The number of phenols is 2. The van der Waals surface area contributed by atoms with Crippen molar-refractivity contribution in [2.45, 2.75) is 19.4 Å². The number of rotatable bonds is 9. The van der Waals surface area contributed by atoms with Gasteiger partial charge in [-0.2, -0.15) is 0 Å². The van der Waals surface area contributed by atoms with E-state index < -0.39 is 0 Å². The van der Waals surface area contributed by atoms with Gasteiger partial charge in [-0.3, -0.25) is 0 Å². The minimum atomic E-state index is 0.0666. The lowest BCUT2D eigenvalue weighted by molar-refractivity contribution is 0.0693. The fraction of sp³-hybridized carbons (Fsp3) is 0.571. The molecule has 1 aromatic rings. The molecule has 0 aliphatic rings. The highest BCUT2D eigenvalue weighted by atomic mass is 16.5. The van der Waals surface area contributed by atoms with Crippen LogP contribution >= 0.6 is 0 Å². The molecular formula is C14H23NO4. The highest BCUT2D eigenvalue weighted by Crippen LogP contribution is 2.24. The van der Waals surface area contributed by atoms with Gasteiger partial charge in [-0.05, 0) is 37.6 Å². The fourth-order valence-electron chi connectivity index (χ4n) is 1.72. The van der Waals surface area contributed by atoms with Crippen molar-refractivity contribution in [3.05, 3.63) is 23.8 Å². The highest BCUT2D eigenvalue weighted by molar-refractivity contribution is 5.37. The molecule has 1 unspecified atom stereocenters. The van der Waals surface area contributed by atoms with Gasteiger partial charge in [-0.25, -0.2) is 0 Å². The summed E-state index contributed by atoms with van der Waals surface area (Å²) in [6.07, 6.45) is 0.902. The van der Waals surface area contributed by atoms with Gasteiger partial charge < -0.3 is 25.0 Å². The minimum absolute atomic E-state index is 0.0666. The topological polar surface area (TPSA) is 71.0 Å². The molecule has 5 nitrogen and oxygen atoms in total. The van der Waals surface area contributed by atoms with Gasteiger partial charge >= 0.3 is 0 Å². The van der Waals surface area contributed by atoms with E-state index in [0.717, 1.165) is 18.5 Å². The highest BCUT2D eigenvalue weighted by Gasteiger charge is 2.07. The molecule has 0 fully saturated rings. The Kier molecular flexibility index (Phi) is 7.25. The maximum atomic E-state index is 9.42. The van der Waals surface area contributed by atoms with Crippen LogP contribution in [0, 0.1) is 0 Å². The van der Waals surface area contributed by atoms with E-state index >= 15 is 0 Å². The molecule has 1 rings (SSSR count). The molecule has 0 spiro atoms. The van der Waals surface area contributed by atoms with Crippen LogP contribution in [0.4, 0.5) is 0 Å². The van der Waals surface area contributed by atoms with E-state index in [1.807, 2.05) is 6.92 Å². The summed E-state index contributed by atoms with van der Waals surface area (Å²) in [5.41, 5.74) is 0.859. The molecule has 1 aromatic carbocycles. The molecule has 0 amide bonds. The van der Waals surface area contributed by atoms with E-state index in [2.05, 4.69) is 5.32 Å². The molecule has 3 N–H and O–H groups in total. The van der Waals surface area contributed by atoms with Crippen molar-refractivity contribution >= 4 is 0 Å². The Morgan fingerprint density at radius 3 is 2.42 bits per heavy atom. The smallest absolute Gasteiger partial charge is 0.119 e. The molecule has 19 heavy (non-hydrogen) atoms. The van der Waals surface area contributed by atoms with Crippen LogP contribution in [0.25, 0.3) is 0 Å². The zero-order valence-corrected chi connectivity index (χ0v) is 11.6. The fourth-order valence-corrected chi connectivity index (χ4v) is 1.72. The van der Waals surface area contributed by atoms with Crippen LogP contribution in [-0.4, -0.2) is 43.7 Å². The molecule has 0 saturated carbocycles. The lowest BCUT2D eigenvalue weighted by Gasteiger charge is -2.15. The number of nitrogens with one attached hydrogen (secondary N) is 1. The second-order valence-electron chi connectivity index (χ2n) is 4.42. The summed E-state index contributed by atoms with van der Waals surface area (Å²) in [5.74, 6) is 0.151. The van der Waals surface area contributed by atoms with E-state index in [9.17, 15) is 10.2 Å². The van der Waals surface area contributed by atoms with Gasteiger partial charge in [-0.15, -0.1) is 0 Å². The van der Waals surface area contributed by atoms with E-state index in [1.165, 1.54) is 6.07 Å². The van der Waals surface area contributed by atoms with Crippen molar-refractivity contribution in [3.8, 4) is 11.5 Å². The maximum absolute atomic E-state index is 9.42. The van der Waals surface area contributed by atoms with Gasteiger partial charge in [0.05, 0.1) is 13.2 Å². The van der Waals surface area contributed by atoms with Crippen LogP contribution in [0.3, 0.4) is 0 Å². The summed E-state index contributed by atoms with van der Waals surface area (Å²) in [4.78, 5) is 0. The van der Waals surface area contributed by atoms with E-state index in [-0.39, 0.29) is 17.5 Å². The summed E-state index contributed by atoms with van der Waals surface area (Å²) in [5, 5.41) is 22.1. The Balaban J connectivity index is 2.22. The monoisotopic (exact) mass is 269 g/mol. The average Bonchev–Trinajstić information content (AvgIpc) is 2.36. The quantitative estimate of drug-likeness (QED) is 0.596. The third-order valence-electron chi connectivity index (χ3n) is 2.77. The van der Waals surface area contributed by atoms with Crippen LogP contribution < -0.4 is 5.32 Å². The Labute approximate surface area is 114 Å². The summed E-state index contributed by atoms with van der Waals surface area (Å²) < 4.78 is 10.2. The van der Waals surface area contributed by atoms with Crippen molar-refractivity contribution in [1.29, 1.82) is 0 Å². The van der Waals surface area contributed by atoms with E-state index in [4.69, 9.17) is 9.47 Å². The van der Waals surface area contributed by atoms with Crippen molar-refractivity contribution in [1.82, 2.24) is 5.32 Å². The first kappa shape index (κ1) is 15.8. The Morgan fingerprint density at radius 2 is 1.79 bits per heavy atom. The maximum Gasteiger partial charge on any atom is 0.119 e. The number of benzene rings is 1. The van der Waals surface area contributed by atoms with Crippen molar-refractivity contribution in [3.63, 3.8) is 0 Å². The van der Waals surface area contributed by atoms with Gasteiger partial charge in [0, 0.05) is 25.8 Å². The summed E-state index contributed by atoms with van der Waals surface area (Å²) in [7, 11) is 1.65. The third kappa shape index (κ3) is 6.42. The second-order valence-corrected chi connectivity index (χ2v) is 4.42. The number of hydrogen-bond acceptors (Lipinski definition) is 5. The molecule has 0 aliphatic heterocycles. The van der Waals surface area contributed by atoms with Crippen LogP contribution in [0.2, 0.25) is 0 Å². The molecule has 0 aliphatic carbocycles. The first-order valence-electron chi connectivity index (χ1n) is 6.46. The molecule has 0 radical (unpaired) electrons. The SMILES string of the molecule is COCCOCCCNC(C)c1cc(O)cc(O)c1. The predicted octanol–water partition coefficient (Wildman–Crippen LogP) is 1.80. The van der Waals surface area contributed by atoms with Crippen LogP contribution in [0.5, 0.6) is 11.5 Å². The molecule has 1 atom stereocenters. The molecule has 5 heteroatoms. The summed E-state index contributed by atoms with van der Waals surface area (Å²) in [6, 6.07) is 4.68. The lowest BCUT2D eigenvalue weighted by atomic mass is 10.1. The van der Waals surface area contributed by atoms with Crippen molar-refractivity contribution in [2.24, 2.45) is 0 Å². The second kappa shape index (κ2) is 8.74. The summed E-state index contributed by atoms with van der Waals surface area (Å²) in [6.45, 7) is 4.72. The van der Waals surface area contributed by atoms with Crippen LogP contribution in [-0.2, 0) is 9.47 Å². The molecular weight excluding hydrogens is 246 g/mol. The zero-order valence-electron chi connectivity index (χ0n) is 11.6. The first-order chi connectivity index (χ1) is 9.13. The Bertz CT molecular complexity index is 350. The van der Waals surface area contributed by atoms with E-state index in [0.29, 0.717) is 19.8 Å². The first-order valence-corrected chi connectivity index (χ1v) is 6.46. The Hall–Kier alpha value is -1.30. The van der Waals surface area contributed by atoms with Gasteiger partial charge in [0.25, 0.3) is 0 Å². The number of aromatic hydroxyl groups is 2. The van der Waals surface area contributed by atoms with Gasteiger partial charge in [0.2, 0.25) is 0 Å². The largest absolute Gasteiger partial charge is 0.508 e. The standard InChI is InChI=1S/C14H23NO4/c1-11(12-8-13(16)10-14(17)9-12)15-4-3-5-19-7-6-18-2/h8-11,15-17H,3-7H2,1-2H3. The number of phenolic OH excluding ortho intramolecular Hbond substituents is 2. The number of ether oxygens (including phenoxy) is 2. The van der Waals surface area contributed by atoms with Gasteiger partial charge in [0.1, 0.15) is 11.5 Å². The molecule has 0 aromatic heterocycles. The summed E-state index contributed by atoms with van der Waals surface area (Å²) >= 11 is 0. The molecule has 0 heterocycles.